The first-order valence-electron chi connectivity index (χ1n) is 6.51. The summed E-state index contributed by atoms with van der Waals surface area (Å²) in [7, 11) is -2.17. The van der Waals surface area contributed by atoms with Gasteiger partial charge in [0.25, 0.3) is 5.69 Å². The zero-order chi connectivity index (χ0) is 15.5. The van der Waals surface area contributed by atoms with E-state index in [1.54, 1.807) is 0 Å². The van der Waals surface area contributed by atoms with Gasteiger partial charge in [0.1, 0.15) is 4.90 Å². The van der Waals surface area contributed by atoms with Crippen molar-refractivity contribution >= 4 is 21.4 Å². The third-order valence-corrected chi connectivity index (χ3v) is 5.20. The molecule has 1 aromatic rings. The van der Waals surface area contributed by atoms with Gasteiger partial charge in [0.05, 0.1) is 17.2 Å². The number of nitrogens with one attached hydrogen (secondary N) is 1. The molecule has 0 aliphatic carbocycles. The number of nitrogens with zero attached hydrogens (tertiary/aromatic N) is 2. The van der Waals surface area contributed by atoms with E-state index in [0.29, 0.717) is 26.2 Å². The van der Waals surface area contributed by atoms with E-state index in [4.69, 9.17) is 4.74 Å². The van der Waals surface area contributed by atoms with Crippen LogP contribution in [-0.4, -0.2) is 51.0 Å². The third-order valence-electron chi connectivity index (χ3n) is 3.24. The Morgan fingerprint density at radius 3 is 2.76 bits per heavy atom. The third kappa shape index (κ3) is 3.31. The highest BCUT2D eigenvalue weighted by atomic mass is 32.2. The maximum Gasteiger partial charge on any atom is 0.271 e. The Hall–Kier alpha value is -1.71. The molecule has 2 rings (SSSR count). The van der Waals surface area contributed by atoms with E-state index in [1.165, 1.54) is 29.6 Å². The second kappa shape index (κ2) is 6.37. The molecule has 1 aliphatic rings. The van der Waals surface area contributed by atoms with Crippen LogP contribution >= 0.6 is 0 Å². The fourth-order valence-electron chi connectivity index (χ4n) is 2.15. The first kappa shape index (κ1) is 15.7. The van der Waals surface area contributed by atoms with Crippen LogP contribution in [0.2, 0.25) is 0 Å². The van der Waals surface area contributed by atoms with Crippen LogP contribution in [0.4, 0.5) is 11.4 Å². The lowest BCUT2D eigenvalue weighted by Gasteiger charge is -2.20. The van der Waals surface area contributed by atoms with Crippen LogP contribution in [-0.2, 0) is 14.8 Å². The van der Waals surface area contributed by atoms with Crippen molar-refractivity contribution in [2.24, 2.45) is 0 Å². The van der Waals surface area contributed by atoms with Gasteiger partial charge in [-0.3, -0.25) is 10.1 Å². The van der Waals surface area contributed by atoms with Crippen LogP contribution in [0, 0.1) is 10.1 Å². The summed E-state index contributed by atoms with van der Waals surface area (Å²) in [4.78, 5) is 10.3. The molecule has 0 unspecified atom stereocenters. The van der Waals surface area contributed by atoms with Crippen LogP contribution in [0.3, 0.4) is 0 Å². The topological polar surface area (TPSA) is 102 Å². The zero-order valence-corrected chi connectivity index (χ0v) is 12.4. The van der Waals surface area contributed by atoms with E-state index >= 15 is 0 Å². The number of sulfonamides is 1. The molecule has 1 aliphatic heterocycles. The summed E-state index contributed by atoms with van der Waals surface area (Å²) in [6, 6.07) is 3.69. The summed E-state index contributed by atoms with van der Waals surface area (Å²) in [6.45, 7) is 1.54. The summed E-state index contributed by atoms with van der Waals surface area (Å²) >= 11 is 0. The van der Waals surface area contributed by atoms with E-state index in [0.717, 1.165) is 0 Å². The molecule has 0 saturated carbocycles. The number of rotatable bonds is 4. The monoisotopic (exact) mass is 315 g/mol. The number of ether oxygens (including phenoxy) is 1. The van der Waals surface area contributed by atoms with Gasteiger partial charge < -0.3 is 10.1 Å². The van der Waals surface area contributed by atoms with Crippen LogP contribution in [0.25, 0.3) is 0 Å². The van der Waals surface area contributed by atoms with Crippen molar-refractivity contribution in [2.75, 3.05) is 38.7 Å². The molecular weight excluding hydrogens is 298 g/mol. The van der Waals surface area contributed by atoms with Crippen molar-refractivity contribution in [3.05, 3.63) is 28.3 Å². The molecular formula is C12H17N3O5S. The molecule has 0 spiro atoms. The fourth-order valence-corrected chi connectivity index (χ4v) is 3.80. The fraction of sp³-hybridized carbons (Fsp3) is 0.500. The molecule has 0 aromatic heterocycles. The molecule has 8 nitrogen and oxygen atoms in total. The van der Waals surface area contributed by atoms with Gasteiger partial charge in [-0.05, 0) is 12.5 Å². The molecule has 0 amide bonds. The van der Waals surface area contributed by atoms with Gasteiger partial charge in [0.2, 0.25) is 10.0 Å². The predicted molar refractivity (Wildman–Crippen MR) is 76.8 cm³/mol. The lowest BCUT2D eigenvalue weighted by Crippen LogP contribution is -2.33. The van der Waals surface area contributed by atoms with E-state index in [2.05, 4.69) is 5.32 Å². The number of anilines is 1. The van der Waals surface area contributed by atoms with Gasteiger partial charge in [-0.2, -0.15) is 4.31 Å². The highest BCUT2D eigenvalue weighted by molar-refractivity contribution is 7.89. The van der Waals surface area contributed by atoms with Crippen LogP contribution < -0.4 is 5.32 Å². The van der Waals surface area contributed by atoms with Gasteiger partial charge in [0.15, 0.2) is 0 Å². The Balaban J connectivity index is 2.41. The summed E-state index contributed by atoms with van der Waals surface area (Å²) in [6.07, 6.45) is 0.626. The molecule has 1 fully saturated rings. The quantitative estimate of drug-likeness (QED) is 0.658. The largest absolute Gasteiger partial charge is 0.387 e. The lowest BCUT2D eigenvalue weighted by atomic mass is 10.3. The van der Waals surface area contributed by atoms with E-state index < -0.39 is 14.9 Å². The average molecular weight is 315 g/mol. The summed E-state index contributed by atoms with van der Waals surface area (Å²) in [5, 5.41) is 13.5. The number of benzene rings is 1. The summed E-state index contributed by atoms with van der Waals surface area (Å²) in [5.74, 6) is 0. The average Bonchev–Trinajstić information content (AvgIpc) is 2.76. The lowest BCUT2D eigenvalue weighted by molar-refractivity contribution is -0.384. The first-order chi connectivity index (χ1) is 9.96. The molecule has 9 heteroatoms. The number of hydrogen-bond acceptors (Lipinski definition) is 6. The van der Waals surface area contributed by atoms with Gasteiger partial charge >= 0.3 is 0 Å². The molecule has 0 radical (unpaired) electrons. The van der Waals surface area contributed by atoms with E-state index in [9.17, 15) is 18.5 Å². The first-order valence-corrected chi connectivity index (χ1v) is 7.95. The minimum Gasteiger partial charge on any atom is -0.387 e. The van der Waals surface area contributed by atoms with Gasteiger partial charge in [-0.25, -0.2) is 8.42 Å². The molecule has 0 bridgehead atoms. The van der Waals surface area contributed by atoms with Crippen molar-refractivity contribution in [3.8, 4) is 0 Å². The molecule has 116 valence electrons. The smallest absolute Gasteiger partial charge is 0.271 e. The molecule has 21 heavy (non-hydrogen) atoms. The summed E-state index contributed by atoms with van der Waals surface area (Å²) in [5.41, 5.74) is 0.0619. The molecule has 1 aromatic carbocycles. The van der Waals surface area contributed by atoms with E-state index in [-0.39, 0.29) is 22.8 Å². The van der Waals surface area contributed by atoms with Crippen molar-refractivity contribution < 1.29 is 18.1 Å². The molecule has 1 heterocycles. The normalized spacial score (nSPS) is 17.2. The van der Waals surface area contributed by atoms with Crippen molar-refractivity contribution in [3.63, 3.8) is 0 Å². The van der Waals surface area contributed by atoms with Gasteiger partial charge in [-0.15, -0.1) is 0 Å². The van der Waals surface area contributed by atoms with Gasteiger partial charge in [0, 0.05) is 38.9 Å². The molecule has 1 saturated heterocycles. The minimum absolute atomic E-state index is 0.0394. The Bertz CT molecular complexity index is 624. The second-order valence-corrected chi connectivity index (χ2v) is 6.46. The van der Waals surface area contributed by atoms with Crippen molar-refractivity contribution in [2.45, 2.75) is 11.3 Å². The van der Waals surface area contributed by atoms with Crippen molar-refractivity contribution in [1.82, 2.24) is 4.31 Å². The Kier molecular flexibility index (Phi) is 4.76. The summed E-state index contributed by atoms with van der Waals surface area (Å²) < 4.78 is 31.9. The Morgan fingerprint density at radius 1 is 1.33 bits per heavy atom. The van der Waals surface area contributed by atoms with Crippen molar-refractivity contribution in [1.29, 1.82) is 0 Å². The minimum atomic E-state index is -3.70. The maximum absolute atomic E-state index is 12.7. The van der Waals surface area contributed by atoms with Crippen LogP contribution in [0.1, 0.15) is 6.42 Å². The maximum atomic E-state index is 12.7. The second-order valence-electron chi connectivity index (χ2n) is 4.56. The van der Waals surface area contributed by atoms with E-state index in [1.807, 2.05) is 0 Å². The number of non-ortho nitro benzene ring substituents is 1. The van der Waals surface area contributed by atoms with Crippen LogP contribution in [0.15, 0.2) is 23.1 Å². The SMILES string of the molecule is CNc1cc([N+](=O)[O-])ccc1S(=O)(=O)N1CCCOCC1. The highest BCUT2D eigenvalue weighted by Gasteiger charge is 2.28. The highest BCUT2D eigenvalue weighted by Crippen LogP contribution is 2.28. The predicted octanol–water partition coefficient (Wildman–Crippen LogP) is 1.05. The number of hydrogen-bond donors (Lipinski definition) is 1. The molecule has 0 atom stereocenters. The standard InChI is InChI=1S/C12H17N3O5S/c1-13-11-9-10(15(16)17)3-4-12(11)21(18,19)14-5-2-7-20-8-6-14/h3-4,9,13H,2,5-8H2,1H3. The Labute approximate surface area is 122 Å². The molecule has 1 N–H and O–H groups in total. The number of nitro benzene ring substituents is 1. The Morgan fingerprint density at radius 2 is 2.10 bits per heavy atom. The number of nitro groups is 1. The van der Waals surface area contributed by atoms with Gasteiger partial charge in [-0.1, -0.05) is 0 Å². The zero-order valence-electron chi connectivity index (χ0n) is 11.6. The van der Waals surface area contributed by atoms with Crippen LogP contribution in [0.5, 0.6) is 0 Å².